The molecule has 0 bridgehead atoms. The quantitative estimate of drug-likeness (QED) is 0.534. The summed E-state index contributed by atoms with van der Waals surface area (Å²) in [5, 5.41) is 2.22. The van der Waals surface area contributed by atoms with Crippen molar-refractivity contribution in [1.29, 1.82) is 0 Å². The van der Waals surface area contributed by atoms with Crippen molar-refractivity contribution in [3.8, 4) is 0 Å². The Balaban J connectivity index is 1.84. The fourth-order valence-corrected chi connectivity index (χ4v) is 3.15. The first kappa shape index (κ1) is 18.8. The number of Topliss-reactive ketones (excluding diaryl/α,β-unsaturated/α-hetero) is 1. The van der Waals surface area contributed by atoms with E-state index in [-0.39, 0.29) is 6.42 Å². The number of halogens is 4. The molecule has 0 saturated heterocycles. The molecule has 8 heteroatoms. The highest BCUT2D eigenvalue weighted by molar-refractivity contribution is 6.16. The number of aromatic nitrogens is 1. The molecule has 2 aromatic carbocycles. The summed E-state index contributed by atoms with van der Waals surface area (Å²) in [6.07, 6.45) is -1.53. The van der Waals surface area contributed by atoms with Crippen molar-refractivity contribution >= 4 is 17.2 Å². The van der Waals surface area contributed by atoms with Crippen molar-refractivity contribution in [2.75, 3.05) is 5.32 Å². The van der Waals surface area contributed by atoms with Crippen molar-refractivity contribution in [2.45, 2.75) is 12.6 Å². The van der Waals surface area contributed by atoms with Crippen molar-refractivity contribution in [1.82, 2.24) is 4.98 Å². The van der Waals surface area contributed by atoms with Gasteiger partial charge in [0, 0.05) is 17.5 Å². The summed E-state index contributed by atoms with van der Waals surface area (Å²) in [6.45, 7) is 0. The number of pyridine rings is 1. The van der Waals surface area contributed by atoms with Gasteiger partial charge in [-0.1, -0.05) is 54.6 Å². The fourth-order valence-electron chi connectivity index (χ4n) is 3.15. The lowest BCUT2D eigenvalue weighted by atomic mass is 9.96. The molecule has 0 saturated carbocycles. The van der Waals surface area contributed by atoms with Gasteiger partial charge >= 0.3 is 0 Å². The molecule has 146 valence electrons. The van der Waals surface area contributed by atoms with E-state index in [4.69, 9.17) is 0 Å². The summed E-state index contributed by atoms with van der Waals surface area (Å²) in [7, 11) is 0. The molecule has 1 aliphatic heterocycles. The van der Waals surface area contributed by atoms with Crippen molar-refractivity contribution in [3.05, 3.63) is 94.8 Å². The number of fused-ring (bicyclic) bond motifs is 1. The Morgan fingerprint density at radius 3 is 2.17 bits per heavy atom. The molecule has 4 nitrogen and oxygen atoms in total. The van der Waals surface area contributed by atoms with E-state index in [0.29, 0.717) is 22.4 Å². The van der Waals surface area contributed by atoms with Crippen LogP contribution in [0.25, 0.3) is 0 Å². The smallest absolute Gasteiger partial charge is 0.253 e. The highest BCUT2D eigenvalue weighted by atomic mass is 19.2. The number of rotatable bonds is 3. The first-order valence-corrected chi connectivity index (χ1v) is 8.66. The Hall–Kier alpha value is -3.55. The number of carbonyl (C=O) groups excluding carboxylic acids is 1. The number of aliphatic imine (C=N–C) groups is 1. The highest BCUT2D eigenvalue weighted by Gasteiger charge is 2.29. The number of benzene rings is 2. The molecule has 0 aliphatic carbocycles. The maximum absolute atomic E-state index is 14.0. The first-order chi connectivity index (χ1) is 14.0. The summed E-state index contributed by atoms with van der Waals surface area (Å²) in [5.74, 6) is -7.60. The van der Waals surface area contributed by atoms with Gasteiger partial charge in [0.05, 0.1) is 5.71 Å². The maximum Gasteiger partial charge on any atom is 0.253 e. The van der Waals surface area contributed by atoms with Crippen LogP contribution < -0.4 is 5.32 Å². The van der Waals surface area contributed by atoms with E-state index in [2.05, 4.69) is 15.3 Å². The van der Waals surface area contributed by atoms with E-state index in [9.17, 15) is 22.4 Å². The Kier molecular flexibility index (Phi) is 4.84. The van der Waals surface area contributed by atoms with Crippen LogP contribution in [-0.4, -0.2) is 22.6 Å². The fraction of sp³-hybridized carbons (Fsp3) is 0.0952. The Morgan fingerprint density at radius 2 is 1.48 bits per heavy atom. The molecule has 1 N–H and O–H groups in total. The zero-order valence-electron chi connectivity index (χ0n) is 14.8. The van der Waals surface area contributed by atoms with Gasteiger partial charge in [-0.15, -0.1) is 0 Å². The lowest BCUT2D eigenvalue weighted by Gasteiger charge is -2.16. The molecule has 2 heterocycles. The SMILES string of the molecule is O=C1Cc2ccccc2C(c2ccccc2)=NC1Nc1c(F)c(F)nc(F)c1F. The topological polar surface area (TPSA) is 54.4 Å². The van der Waals surface area contributed by atoms with Crippen LogP contribution in [0.1, 0.15) is 16.7 Å². The van der Waals surface area contributed by atoms with Gasteiger partial charge in [-0.25, -0.2) is 0 Å². The number of hydrogen-bond acceptors (Lipinski definition) is 4. The highest BCUT2D eigenvalue weighted by Crippen LogP contribution is 2.26. The van der Waals surface area contributed by atoms with Crippen molar-refractivity contribution in [3.63, 3.8) is 0 Å². The minimum Gasteiger partial charge on any atom is -0.353 e. The van der Waals surface area contributed by atoms with E-state index in [0.717, 1.165) is 0 Å². The molecule has 0 spiro atoms. The molecule has 1 aliphatic rings. The second-order valence-corrected chi connectivity index (χ2v) is 6.39. The van der Waals surface area contributed by atoms with Crippen LogP contribution in [0, 0.1) is 23.5 Å². The Morgan fingerprint density at radius 1 is 0.862 bits per heavy atom. The number of carbonyl (C=O) groups is 1. The van der Waals surface area contributed by atoms with Gasteiger partial charge in [0.25, 0.3) is 11.9 Å². The predicted octanol–water partition coefficient (Wildman–Crippen LogP) is 4.04. The van der Waals surface area contributed by atoms with Crippen LogP contribution in [0.5, 0.6) is 0 Å². The molecule has 1 aromatic heterocycles. The molecule has 1 atom stereocenters. The second-order valence-electron chi connectivity index (χ2n) is 6.39. The van der Waals surface area contributed by atoms with Crippen LogP contribution in [0.15, 0.2) is 59.6 Å². The zero-order valence-corrected chi connectivity index (χ0v) is 14.8. The van der Waals surface area contributed by atoms with Gasteiger partial charge in [-0.3, -0.25) is 9.79 Å². The molecule has 4 rings (SSSR count). The summed E-state index contributed by atoms with van der Waals surface area (Å²) in [5.41, 5.74) is 1.33. The minimum atomic E-state index is -1.82. The second kappa shape index (κ2) is 7.46. The third-order valence-electron chi connectivity index (χ3n) is 4.53. The van der Waals surface area contributed by atoms with E-state index in [1.54, 1.807) is 54.6 Å². The number of nitrogens with zero attached hydrogens (tertiary/aromatic N) is 2. The molecule has 0 radical (unpaired) electrons. The van der Waals surface area contributed by atoms with Crippen LogP contribution >= 0.6 is 0 Å². The van der Waals surface area contributed by atoms with Gasteiger partial charge in [-0.05, 0) is 5.56 Å². The molecule has 1 unspecified atom stereocenters. The minimum absolute atomic E-state index is 0.0764. The van der Waals surface area contributed by atoms with Gasteiger partial charge < -0.3 is 5.32 Å². The average Bonchev–Trinajstić information content (AvgIpc) is 2.86. The number of hydrogen-bond donors (Lipinski definition) is 1. The zero-order chi connectivity index (χ0) is 20.5. The largest absolute Gasteiger partial charge is 0.353 e. The lowest BCUT2D eigenvalue weighted by Crippen LogP contribution is -2.30. The van der Waals surface area contributed by atoms with Gasteiger partial charge in [0.15, 0.2) is 11.9 Å². The van der Waals surface area contributed by atoms with Gasteiger partial charge in [0.2, 0.25) is 11.6 Å². The Labute approximate surface area is 162 Å². The van der Waals surface area contributed by atoms with Crippen LogP contribution in [0.4, 0.5) is 23.2 Å². The van der Waals surface area contributed by atoms with E-state index >= 15 is 0 Å². The summed E-state index contributed by atoms with van der Waals surface area (Å²) in [6, 6.07) is 16.0. The summed E-state index contributed by atoms with van der Waals surface area (Å²) in [4.78, 5) is 19.6. The van der Waals surface area contributed by atoms with E-state index in [1.807, 2.05) is 0 Å². The van der Waals surface area contributed by atoms with Gasteiger partial charge in [-0.2, -0.15) is 22.5 Å². The number of ketones is 1. The third kappa shape index (κ3) is 3.49. The molecule has 3 aromatic rings. The molecular formula is C21H13F4N3O. The molecular weight excluding hydrogens is 386 g/mol. The monoisotopic (exact) mass is 399 g/mol. The first-order valence-electron chi connectivity index (χ1n) is 8.66. The summed E-state index contributed by atoms with van der Waals surface area (Å²) < 4.78 is 55.0. The van der Waals surface area contributed by atoms with Gasteiger partial charge in [0.1, 0.15) is 5.69 Å². The molecule has 0 amide bonds. The van der Waals surface area contributed by atoms with E-state index < -0.39 is 41.2 Å². The summed E-state index contributed by atoms with van der Waals surface area (Å²) >= 11 is 0. The average molecular weight is 399 g/mol. The van der Waals surface area contributed by atoms with Crippen molar-refractivity contribution in [2.24, 2.45) is 4.99 Å². The molecule has 29 heavy (non-hydrogen) atoms. The standard InChI is InChI=1S/C21H13F4N3O/c22-15-18(16(23)20(25)28-19(15)24)27-21-14(29)10-12-8-4-5-9-13(12)17(26-21)11-6-2-1-3-7-11/h1-9,21H,10H2,(H,27,28). The van der Waals surface area contributed by atoms with Crippen LogP contribution in [0.3, 0.4) is 0 Å². The van der Waals surface area contributed by atoms with Crippen LogP contribution in [0.2, 0.25) is 0 Å². The lowest BCUT2D eigenvalue weighted by molar-refractivity contribution is -0.118. The van der Waals surface area contributed by atoms with Crippen LogP contribution in [-0.2, 0) is 11.2 Å². The Bertz CT molecular complexity index is 1110. The normalized spacial score (nSPS) is 16.1. The predicted molar refractivity (Wildman–Crippen MR) is 98.7 cm³/mol. The van der Waals surface area contributed by atoms with E-state index in [1.165, 1.54) is 0 Å². The van der Waals surface area contributed by atoms with Crippen molar-refractivity contribution < 1.29 is 22.4 Å². The third-order valence-corrected chi connectivity index (χ3v) is 4.53. The molecule has 0 fully saturated rings. The maximum atomic E-state index is 14.0. The number of anilines is 1. The number of nitrogens with one attached hydrogen (secondary N) is 1.